The Balaban J connectivity index is 1.47. The van der Waals surface area contributed by atoms with E-state index in [4.69, 9.17) is 0 Å². The minimum atomic E-state index is -3.65. The van der Waals surface area contributed by atoms with Crippen LogP contribution in [0.5, 0.6) is 0 Å². The normalized spacial score (nSPS) is 15.0. The van der Waals surface area contributed by atoms with Crippen LogP contribution in [0.2, 0.25) is 0 Å². The second-order valence-corrected chi connectivity index (χ2v) is 10.3. The predicted molar refractivity (Wildman–Crippen MR) is 128 cm³/mol. The summed E-state index contributed by atoms with van der Waals surface area (Å²) in [5.74, 6) is 0.368. The quantitative estimate of drug-likeness (QED) is 0.590. The van der Waals surface area contributed by atoms with Crippen LogP contribution in [0.4, 0.5) is 0 Å². The monoisotopic (exact) mass is 464 g/mol. The molecule has 8 heteroatoms. The summed E-state index contributed by atoms with van der Waals surface area (Å²) < 4.78 is 28.4. The maximum atomic E-state index is 13.5. The van der Waals surface area contributed by atoms with Gasteiger partial charge in [0.05, 0.1) is 10.5 Å². The number of carbonyl (C=O) groups is 1. The van der Waals surface area contributed by atoms with Gasteiger partial charge in [0.2, 0.25) is 10.0 Å². The third-order valence-corrected chi connectivity index (χ3v) is 8.52. The topological polar surface area (TPSA) is 83.5 Å². The van der Waals surface area contributed by atoms with E-state index in [1.807, 2.05) is 64.1 Å². The predicted octanol–water partition coefficient (Wildman–Crippen LogP) is 3.52. The van der Waals surface area contributed by atoms with Crippen molar-refractivity contribution in [1.29, 1.82) is 0 Å². The van der Waals surface area contributed by atoms with Gasteiger partial charge in [-0.15, -0.1) is 0 Å². The van der Waals surface area contributed by atoms with Crippen molar-refractivity contribution in [3.63, 3.8) is 0 Å². The number of rotatable bonds is 4. The number of piperazine rings is 1. The van der Waals surface area contributed by atoms with Crippen LogP contribution in [0.25, 0.3) is 11.4 Å². The van der Waals surface area contributed by atoms with Gasteiger partial charge in [-0.3, -0.25) is 4.79 Å². The van der Waals surface area contributed by atoms with E-state index in [9.17, 15) is 13.2 Å². The Labute approximate surface area is 195 Å². The first-order valence-corrected chi connectivity index (χ1v) is 12.4. The third-order valence-electron chi connectivity index (χ3n) is 6.35. The fraction of sp³-hybridized carbons (Fsp3) is 0.320. The minimum Gasteiger partial charge on any atom is -0.336 e. The van der Waals surface area contributed by atoms with E-state index in [2.05, 4.69) is 9.97 Å². The molecule has 0 atom stereocenters. The van der Waals surface area contributed by atoms with Crippen molar-refractivity contribution in [3.8, 4) is 11.4 Å². The average molecular weight is 465 g/mol. The number of benzene rings is 2. The number of sulfonamides is 1. The van der Waals surface area contributed by atoms with Crippen molar-refractivity contribution in [2.24, 2.45) is 0 Å². The highest BCUT2D eigenvalue weighted by Gasteiger charge is 2.33. The molecule has 0 saturated carbocycles. The van der Waals surface area contributed by atoms with Gasteiger partial charge in [-0.05, 0) is 49.9 Å². The highest BCUT2D eigenvalue weighted by Crippen LogP contribution is 2.29. The maximum absolute atomic E-state index is 13.5. The Hall–Kier alpha value is -3.10. The third kappa shape index (κ3) is 4.41. The molecule has 0 spiro atoms. The molecule has 1 aliphatic heterocycles. The molecule has 172 valence electrons. The van der Waals surface area contributed by atoms with Crippen LogP contribution in [-0.2, 0) is 10.0 Å². The molecule has 2 aromatic carbocycles. The largest absolute Gasteiger partial charge is 0.336 e. The summed E-state index contributed by atoms with van der Waals surface area (Å²) in [4.78, 5) is 23.7. The van der Waals surface area contributed by atoms with Crippen molar-refractivity contribution in [3.05, 3.63) is 76.6 Å². The van der Waals surface area contributed by atoms with Crippen molar-refractivity contribution < 1.29 is 13.2 Å². The van der Waals surface area contributed by atoms with Gasteiger partial charge in [0.15, 0.2) is 5.82 Å². The van der Waals surface area contributed by atoms with Gasteiger partial charge in [-0.2, -0.15) is 4.31 Å². The molecule has 0 bridgehead atoms. The van der Waals surface area contributed by atoms with Crippen LogP contribution >= 0.6 is 0 Å². The summed E-state index contributed by atoms with van der Waals surface area (Å²) in [5.41, 5.74) is 4.77. The Morgan fingerprint density at radius 1 is 0.848 bits per heavy atom. The van der Waals surface area contributed by atoms with E-state index < -0.39 is 10.0 Å². The molecule has 0 unspecified atom stereocenters. The van der Waals surface area contributed by atoms with Gasteiger partial charge in [-0.1, -0.05) is 36.4 Å². The van der Waals surface area contributed by atoms with E-state index in [1.165, 1.54) is 16.7 Å². The van der Waals surface area contributed by atoms with Crippen LogP contribution < -0.4 is 0 Å². The lowest BCUT2D eigenvalue weighted by Gasteiger charge is -2.34. The molecule has 0 radical (unpaired) electrons. The molecule has 2 heterocycles. The van der Waals surface area contributed by atoms with Gasteiger partial charge in [0, 0.05) is 44.1 Å². The van der Waals surface area contributed by atoms with Gasteiger partial charge >= 0.3 is 0 Å². The number of aromatic nitrogens is 2. The first-order valence-electron chi connectivity index (χ1n) is 10.9. The van der Waals surface area contributed by atoms with E-state index in [1.54, 1.807) is 4.90 Å². The van der Waals surface area contributed by atoms with Gasteiger partial charge < -0.3 is 4.90 Å². The molecule has 33 heavy (non-hydrogen) atoms. The Bertz CT molecular complexity index is 1260. The number of aryl methyl sites for hydroxylation is 2. The summed E-state index contributed by atoms with van der Waals surface area (Å²) in [5, 5.41) is 0. The molecule has 3 aromatic rings. The van der Waals surface area contributed by atoms with E-state index >= 15 is 0 Å². The van der Waals surface area contributed by atoms with Crippen LogP contribution in [0.15, 0.2) is 53.7 Å². The minimum absolute atomic E-state index is 0.189. The summed E-state index contributed by atoms with van der Waals surface area (Å²) >= 11 is 0. The zero-order valence-electron chi connectivity index (χ0n) is 19.4. The zero-order valence-corrected chi connectivity index (χ0v) is 20.2. The smallest absolute Gasteiger partial charge is 0.257 e. The molecule has 0 aliphatic carbocycles. The fourth-order valence-electron chi connectivity index (χ4n) is 4.19. The molecule has 1 saturated heterocycles. The van der Waals surface area contributed by atoms with Crippen LogP contribution in [-0.4, -0.2) is 59.7 Å². The lowest BCUT2D eigenvalue weighted by Crippen LogP contribution is -2.50. The number of hydrogen-bond donors (Lipinski definition) is 0. The number of amides is 1. The number of hydrogen-bond acceptors (Lipinski definition) is 5. The van der Waals surface area contributed by atoms with E-state index in [0.29, 0.717) is 29.4 Å². The molecular formula is C25H28N4O3S. The zero-order chi connectivity index (χ0) is 23.8. The Morgan fingerprint density at radius 2 is 1.39 bits per heavy atom. The summed E-state index contributed by atoms with van der Waals surface area (Å²) in [6.45, 7) is 8.72. The van der Waals surface area contributed by atoms with Crippen molar-refractivity contribution in [2.45, 2.75) is 32.6 Å². The summed E-state index contributed by atoms with van der Waals surface area (Å²) in [7, 11) is -3.65. The van der Waals surface area contributed by atoms with Gasteiger partial charge in [0.1, 0.15) is 0 Å². The molecule has 0 N–H and O–H groups in total. The van der Waals surface area contributed by atoms with Crippen LogP contribution in [0.3, 0.4) is 0 Å². The second-order valence-electron chi connectivity index (χ2n) is 8.45. The molecule has 7 nitrogen and oxygen atoms in total. The Morgan fingerprint density at radius 3 is 1.94 bits per heavy atom. The first-order chi connectivity index (χ1) is 15.7. The summed E-state index contributed by atoms with van der Waals surface area (Å²) in [6.07, 6.45) is 3.06. The second kappa shape index (κ2) is 9.03. The average Bonchev–Trinajstić information content (AvgIpc) is 2.83. The van der Waals surface area contributed by atoms with Crippen LogP contribution in [0.1, 0.15) is 32.6 Å². The fourth-order valence-corrected chi connectivity index (χ4v) is 6.18. The van der Waals surface area contributed by atoms with Crippen molar-refractivity contribution in [1.82, 2.24) is 19.2 Å². The van der Waals surface area contributed by atoms with Crippen LogP contribution in [0, 0.1) is 27.7 Å². The first kappa shape index (κ1) is 23.1. The highest BCUT2D eigenvalue weighted by atomic mass is 32.2. The molecular weight excluding hydrogens is 436 g/mol. The van der Waals surface area contributed by atoms with E-state index in [0.717, 1.165) is 27.8 Å². The van der Waals surface area contributed by atoms with Gasteiger partial charge in [0.25, 0.3) is 5.91 Å². The molecule has 4 rings (SSSR count). The Kier molecular flexibility index (Phi) is 6.32. The van der Waals surface area contributed by atoms with Gasteiger partial charge in [-0.25, -0.2) is 18.4 Å². The molecule has 1 aliphatic rings. The van der Waals surface area contributed by atoms with Crippen molar-refractivity contribution >= 4 is 15.9 Å². The molecule has 1 fully saturated rings. The lowest BCUT2D eigenvalue weighted by atomic mass is 10.0. The lowest BCUT2D eigenvalue weighted by molar-refractivity contribution is 0.0697. The molecule has 1 aromatic heterocycles. The number of nitrogens with zero attached hydrogens (tertiary/aromatic N) is 4. The molecule has 1 amide bonds. The standard InChI is InChI=1S/C25H28N4O3S/c1-17-14-18(2)20(4)23(19(17)3)33(31,32)29-12-10-28(11-13-29)25(30)22-15-26-24(27-16-22)21-8-6-5-7-9-21/h5-9,14-16H,10-13H2,1-4H3. The maximum Gasteiger partial charge on any atom is 0.257 e. The number of carbonyl (C=O) groups excluding carboxylic acids is 1. The van der Waals surface area contributed by atoms with E-state index in [-0.39, 0.29) is 19.0 Å². The SMILES string of the molecule is Cc1cc(C)c(C)c(S(=O)(=O)N2CCN(C(=O)c3cnc(-c4ccccc4)nc3)CC2)c1C. The van der Waals surface area contributed by atoms with Crippen molar-refractivity contribution in [2.75, 3.05) is 26.2 Å². The summed E-state index contributed by atoms with van der Waals surface area (Å²) in [6, 6.07) is 11.6. The highest BCUT2D eigenvalue weighted by molar-refractivity contribution is 7.89.